The first kappa shape index (κ1) is 21.7. The van der Waals surface area contributed by atoms with Crippen LogP contribution in [0.25, 0.3) is 16.2 Å². The van der Waals surface area contributed by atoms with Crippen molar-refractivity contribution in [2.24, 2.45) is 0 Å². The highest BCUT2D eigenvalue weighted by atomic mass is 32.1. The fraction of sp³-hybridized carbons (Fsp3) is 0.111. The Labute approximate surface area is 201 Å². The summed E-state index contributed by atoms with van der Waals surface area (Å²) in [7, 11) is 1.65. The molecular weight excluding hydrogens is 446 g/mol. The molecule has 0 aliphatic heterocycles. The van der Waals surface area contributed by atoms with Gasteiger partial charge in [0.05, 0.1) is 12.8 Å². The van der Waals surface area contributed by atoms with Crippen LogP contribution in [0.15, 0.2) is 90.4 Å². The van der Waals surface area contributed by atoms with Gasteiger partial charge in [0.25, 0.3) is 0 Å². The minimum atomic E-state index is -0.0356. The van der Waals surface area contributed by atoms with Gasteiger partial charge in [-0.25, -0.2) is 4.98 Å². The monoisotopic (exact) mass is 469 g/mol. The van der Waals surface area contributed by atoms with Crippen molar-refractivity contribution in [3.63, 3.8) is 0 Å². The Morgan fingerprint density at radius 1 is 0.941 bits per heavy atom. The van der Waals surface area contributed by atoms with Crippen LogP contribution in [-0.4, -0.2) is 22.4 Å². The number of hydrogen-bond donors (Lipinski definition) is 1. The van der Waals surface area contributed by atoms with Gasteiger partial charge in [-0.1, -0.05) is 18.2 Å². The average molecular weight is 470 g/mol. The van der Waals surface area contributed by atoms with Crippen LogP contribution in [0.1, 0.15) is 12.1 Å². The number of fused-ring (bicyclic) bond motifs is 1. The van der Waals surface area contributed by atoms with Crippen molar-refractivity contribution in [2.75, 3.05) is 12.4 Å². The van der Waals surface area contributed by atoms with Crippen LogP contribution in [-0.2, 0) is 11.2 Å². The van der Waals surface area contributed by atoms with Crippen LogP contribution in [0.2, 0.25) is 0 Å². The number of thiazole rings is 1. The van der Waals surface area contributed by atoms with Crippen LogP contribution in [0.5, 0.6) is 17.2 Å². The highest BCUT2D eigenvalue weighted by Gasteiger charge is 2.12. The van der Waals surface area contributed by atoms with Crippen molar-refractivity contribution < 1.29 is 14.3 Å². The Kier molecular flexibility index (Phi) is 6.27. The molecule has 0 aliphatic rings. The van der Waals surface area contributed by atoms with Crippen LogP contribution in [0.4, 0.5) is 5.69 Å². The number of imidazole rings is 1. The van der Waals surface area contributed by atoms with Crippen molar-refractivity contribution in [3.8, 4) is 28.5 Å². The van der Waals surface area contributed by atoms with Crippen LogP contribution in [0, 0.1) is 0 Å². The van der Waals surface area contributed by atoms with Crippen LogP contribution < -0.4 is 14.8 Å². The largest absolute Gasteiger partial charge is 0.497 e. The third kappa shape index (κ3) is 4.94. The summed E-state index contributed by atoms with van der Waals surface area (Å²) in [5.74, 6) is 2.27. The predicted octanol–water partition coefficient (Wildman–Crippen LogP) is 6.44. The number of carbonyl (C=O) groups is 1. The molecule has 5 aromatic rings. The Morgan fingerprint density at radius 3 is 2.38 bits per heavy atom. The second-order valence-corrected chi connectivity index (χ2v) is 8.56. The Hall–Kier alpha value is -4.10. The Balaban J connectivity index is 1.19. The van der Waals surface area contributed by atoms with Gasteiger partial charge in [0.15, 0.2) is 4.96 Å². The molecule has 2 heterocycles. The molecule has 34 heavy (non-hydrogen) atoms. The van der Waals surface area contributed by atoms with Gasteiger partial charge in [0.2, 0.25) is 5.91 Å². The van der Waals surface area contributed by atoms with E-state index in [-0.39, 0.29) is 5.91 Å². The maximum absolute atomic E-state index is 12.5. The lowest BCUT2D eigenvalue weighted by Gasteiger charge is -2.08. The molecule has 0 bridgehead atoms. The van der Waals surface area contributed by atoms with Crippen molar-refractivity contribution in [2.45, 2.75) is 12.8 Å². The molecule has 0 saturated carbocycles. The molecule has 6 nitrogen and oxygen atoms in total. The van der Waals surface area contributed by atoms with E-state index in [9.17, 15) is 4.79 Å². The number of benzene rings is 3. The number of para-hydroxylation sites is 1. The minimum Gasteiger partial charge on any atom is -0.497 e. The first-order chi connectivity index (χ1) is 16.7. The zero-order valence-corrected chi connectivity index (χ0v) is 19.4. The molecule has 3 aromatic carbocycles. The van der Waals surface area contributed by atoms with Gasteiger partial charge < -0.3 is 14.8 Å². The van der Waals surface area contributed by atoms with E-state index in [4.69, 9.17) is 14.5 Å². The number of nitrogens with one attached hydrogen (secondary N) is 1. The van der Waals surface area contributed by atoms with E-state index in [2.05, 4.69) is 15.1 Å². The highest BCUT2D eigenvalue weighted by molar-refractivity contribution is 7.15. The molecule has 0 atom stereocenters. The van der Waals surface area contributed by atoms with Gasteiger partial charge >= 0.3 is 0 Å². The van der Waals surface area contributed by atoms with E-state index < -0.39 is 0 Å². The van der Waals surface area contributed by atoms with E-state index in [1.807, 2.05) is 85.1 Å². The summed E-state index contributed by atoms with van der Waals surface area (Å²) < 4.78 is 13.1. The van der Waals surface area contributed by atoms with Crippen LogP contribution >= 0.6 is 11.3 Å². The van der Waals surface area contributed by atoms with Gasteiger partial charge in [-0.3, -0.25) is 9.20 Å². The summed E-state index contributed by atoms with van der Waals surface area (Å²) >= 11 is 1.58. The average Bonchev–Trinajstić information content (AvgIpc) is 3.46. The maximum Gasteiger partial charge on any atom is 0.224 e. The lowest BCUT2D eigenvalue weighted by atomic mass is 10.1. The lowest BCUT2D eigenvalue weighted by Crippen LogP contribution is -2.12. The third-order valence-corrected chi connectivity index (χ3v) is 6.28. The van der Waals surface area contributed by atoms with E-state index in [0.717, 1.165) is 44.8 Å². The van der Waals surface area contributed by atoms with E-state index in [1.54, 1.807) is 18.4 Å². The molecule has 0 unspecified atom stereocenters. The van der Waals surface area contributed by atoms with Crippen molar-refractivity contribution in [1.29, 1.82) is 0 Å². The Bertz CT molecular complexity index is 1390. The molecule has 0 saturated heterocycles. The van der Waals surface area contributed by atoms with Gasteiger partial charge in [-0.2, -0.15) is 0 Å². The molecule has 0 spiro atoms. The number of aromatic nitrogens is 2. The number of nitrogens with zero attached hydrogens (tertiary/aromatic N) is 2. The Morgan fingerprint density at radius 2 is 1.65 bits per heavy atom. The van der Waals surface area contributed by atoms with E-state index in [0.29, 0.717) is 12.8 Å². The summed E-state index contributed by atoms with van der Waals surface area (Å²) in [6, 6.07) is 24.8. The topological polar surface area (TPSA) is 64.9 Å². The molecule has 1 amide bonds. The first-order valence-electron chi connectivity index (χ1n) is 10.9. The van der Waals surface area contributed by atoms with Gasteiger partial charge in [0.1, 0.15) is 17.2 Å². The number of hydrogen-bond acceptors (Lipinski definition) is 5. The summed E-state index contributed by atoms with van der Waals surface area (Å²) in [5, 5.41) is 5.02. The van der Waals surface area contributed by atoms with Crippen molar-refractivity contribution >= 4 is 27.9 Å². The second-order valence-electron chi connectivity index (χ2n) is 7.72. The number of anilines is 1. The summed E-state index contributed by atoms with van der Waals surface area (Å²) in [5.41, 5.74) is 3.73. The molecule has 0 radical (unpaired) electrons. The van der Waals surface area contributed by atoms with Gasteiger partial charge in [-0.05, 0) is 67.1 Å². The molecule has 2 aromatic heterocycles. The molecule has 7 heteroatoms. The number of methoxy groups -OCH3 is 1. The zero-order valence-electron chi connectivity index (χ0n) is 18.6. The zero-order chi connectivity index (χ0) is 23.3. The highest BCUT2D eigenvalue weighted by Crippen LogP contribution is 2.26. The lowest BCUT2D eigenvalue weighted by molar-refractivity contribution is -0.116. The van der Waals surface area contributed by atoms with Crippen molar-refractivity contribution in [3.05, 3.63) is 96.1 Å². The predicted molar refractivity (Wildman–Crippen MR) is 135 cm³/mol. The molecule has 0 aliphatic carbocycles. The van der Waals surface area contributed by atoms with Crippen LogP contribution in [0.3, 0.4) is 0 Å². The summed E-state index contributed by atoms with van der Waals surface area (Å²) in [4.78, 5) is 18.2. The number of amides is 1. The standard InChI is InChI=1S/C27H23N3O3S/c1-32-22-12-7-19(8-13-22)25-17-30-21(18-34-27(30)29-25)11-16-26(31)28-20-9-14-24(15-10-20)33-23-5-3-2-4-6-23/h2-10,12-15,17-18H,11,16H2,1H3,(H,28,31). The third-order valence-electron chi connectivity index (χ3n) is 5.39. The number of carbonyl (C=O) groups excluding carboxylic acids is 1. The summed E-state index contributed by atoms with van der Waals surface area (Å²) in [6.45, 7) is 0. The number of aryl methyl sites for hydroxylation is 1. The molecule has 5 rings (SSSR count). The fourth-order valence-electron chi connectivity index (χ4n) is 3.61. The number of ether oxygens (including phenoxy) is 2. The van der Waals surface area contributed by atoms with Gasteiger partial charge in [-0.15, -0.1) is 11.3 Å². The van der Waals surface area contributed by atoms with Gasteiger partial charge in [0, 0.05) is 34.9 Å². The maximum atomic E-state index is 12.5. The molecule has 0 fully saturated rings. The minimum absolute atomic E-state index is 0.0356. The quantitative estimate of drug-likeness (QED) is 0.284. The smallest absolute Gasteiger partial charge is 0.224 e. The molecule has 170 valence electrons. The SMILES string of the molecule is COc1ccc(-c2cn3c(CCC(=O)Nc4ccc(Oc5ccccc5)cc4)csc3n2)cc1. The molecule has 1 N–H and O–H groups in total. The molecular formula is C27H23N3O3S. The number of rotatable bonds is 8. The normalized spacial score (nSPS) is 10.9. The second kappa shape index (κ2) is 9.80. The van der Waals surface area contributed by atoms with E-state index in [1.165, 1.54) is 0 Å². The van der Waals surface area contributed by atoms with Crippen molar-refractivity contribution in [1.82, 2.24) is 9.38 Å². The van der Waals surface area contributed by atoms with E-state index >= 15 is 0 Å². The summed E-state index contributed by atoms with van der Waals surface area (Å²) in [6.07, 6.45) is 3.02. The fourth-order valence-corrected chi connectivity index (χ4v) is 4.51. The first-order valence-corrected chi connectivity index (χ1v) is 11.8.